The molecule has 2 aromatic heterocycles. The van der Waals surface area contributed by atoms with Gasteiger partial charge < -0.3 is 14.6 Å². The van der Waals surface area contributed by atoms with Gasteiger partial charge in [-0.05, 0) is 22.6 Å². The first-order valence-electron chi connectivity index (χ1n) is 6.41. The maximum absolute atomic E-state index is 12.6. The molecule has 0 bridgehead atoms. The van der Waals surface area contributed by atoms with Crippen molar-refractivity contribution in [2.75, 3.05) is 0 Å². The third kappa shape index (κ3) is 2.88. The van der Waals surface area contributed by atoms with Crippen LogP contribution in [0.25, 0.3) is 21.8 Å². The molecule has 1 aromatic carbocycles. The Morgan fingerprint density at radius 3 is 2.39 bits per heavy atom. The van der Waals surface area contributed by atoms with Crippen molar-refractivity contribution >= 4 is 11.3 Å². The zero-order valence-electron chi connectivity index (χ0n) is 11.4. The van der Waals surface area contributed by atoms with E-state index >= 15 is 0 Å². The summed E-state index contributed by atoms with van der Waals surface area (Å²) in [7, 11) is 0. The molecule has 0 unspecified atom stereocenters. The van der Waals surface area contributed by atoms with E-state index in [0.29, 0.717) is 4.88 Å². The summed E-state index contributed by atoms with van der Waals surface area (Å²) in [5.74, 6) is -5.30. The van der Waals surface area contributed by atoms with Crippen molar-refractivity contribution in [3.8, 4) is 21.8 Å². The quantitative estimate of drug-likeness (QED) is 0.712. The number of oxazole rings is 1. The Balaban J connectivity index is 1.92. The average Bonchev–Trinajstić information content (AvgIpc) is 3.16. The predicted octanol–water partition coefficient (Wildman–Crippen LogP) is 3.77. The fourth-order valence-corrected chi connectivity index (χ4v) is 2.78. The molecule has 0 aliphatic rings. The lowest BCUT2D eigenvalue weighted by Crippen LogP contribution is -2.42. The van der Waals surface area contributed by atoms with Gasteiger partial charge in [0.2, 0.25) is 0 Å². The van der Waals surface area contributed by atoms with Gasteiger partial charge in [-0.15, -0.1) is 11.3 Å². The molecular weight excluding hydrogens is 331 g/mol. The lowest BCUT2D eigenvalue weighted by Gasteiger charge is -2.20. The van der Waals surface area contributed by atoms with Crippen molar-refractivity contribution in [1.82, 2.24) is 4.98 Å². The van der Waals surface area contributed by atoms with Crippen LogP contribution in [0.2, 0.25) is 0 Å². The molecule has 120 valence electrons. The van der Waals surface area contributed by atoms with Gasteiger partial charge in [0.15, 0.2) is 5.76 Å². The van der Waals surface area contributed by atoms with Crippen LogP contribution in [0.15, 0.2) is 52.4 Å². The second-order valence-electron chi connectivity index (χ2n) is 4.77. The van der Waals surface area contributed by atoms with Crippen molar-refractivity contribution < 1.29 is 27.8 Å². The second-order valence-corrected chi connectivity index (χ2v) is 5.68. The van der Waals surface area contributed by atoms with E-state index in [-0.39, 0.29) is 5.76 Å². The largest absolute Gasteiger partial charge is 0.453 e. The van der Waals surface area contributed by atoms with E-state index in [1.165, 1.54) is 11.3 Å². The van der Waals surface area contributed by atoms with Crippen molar-refractivity contribution in [2.45, 2.75) is 12.0 Å². The molecule has 0 saturated carbocycles. The van der Waals surface area contributed by atoms with E-state index in [9.17, 15) is 13.2 Å². The highest BCUT2D eigenvalue weighted by molar-refractivity contribution is 7.13. The molecule has 2 N–H and O–H groups in total. The van der Waals surface area contributed by atoms with Gasteiger partial charge in [-0.3, -0.25) is 0 Å². The fourth-order valence-electron chi connectivity index (χ4n) is 1.92. The number of halogens is 3. The van der Waals surface area contributed by atoms with Gasteiger partial charge in [0.25, 0.3) is 5.89 Å². The molecule has 0 saturated heterocycles. The lowest BCUT2D eigenvalue weighted by atomic mass is 10.1. The standard InChI is InChI=1S/C15H10F3NO3S/c16-15(17,18)14(20,21)13-19-7-11(22-13)12-6-10(8-23-12)9-4-2-1-3-5-9/h1-8,20-21H. The Hall–Kier alpha value is -2.16. The van der Waals surface area contributed by atoms with E-state index < -0.39 is 17.9 Å². The first kappa shape index (κ1) is 15.7. The molecular formula is C15H10F3NO3S. The molecule has 8 heteroatoms. The van der Waals surface area contributed by atoms with Crippen LogP contribution in [0.5, 0.6) is 0 Å². The molecule has 0 amide bonds. The molecule has 23 heavy (non-hydrogen) atoms. The number of hydrogen-bond donors (Lipinski definition) is 2. The van der Waals surface area contributed by atoms with Crippen molar-refractivity contribution in [1.29, 1.82) is 0 Å². The van der Waals surface area contributed by atoms with Gasteiger partial charge in [-0.25, -0.2) is 4.98 Å². The zero-order valence-corrected chi connectivity index (χ0v) is 12.2. The normalized spacial score (nSPS) is 12.6. The topological polar surface area (TPSA) is 66.5 Å². The van der Waals surface area contributed by atoms with Crippen LogP contribution < -0.4 is 0 Å². The first-order valence-corrected chi connectivity index (χ1v) is 7.29. The molecule has 3 aromatic rings. The summed E-state index contributed by atoms with van der Waals surface area (Å²) in [6, 6.07) is 11.1. The van der Waals surface area contributed by atoms with E-state index in [0.717, 1.165) is 17.3 Å². The van der Waals surface area contributed by atoms with Crippen molar-refractivity contribution in [2.24, 2.45) is 0 Å². The van der Waals surface area contributed by atoms with Crippen LogP contribution in [0, 0.1) is 0 Å². The maximum atomic E-state index is 12.6. The summed E-state index contributed by atoms with van der Waals surface area (Å²) >= 11 is 1.25. The Kier molecular flexibility index (Phi) is 3.75. The van der Waals surface area contributed by atoms with E-state index in [1.54, 1.807) is 6.07 Å². The van der Waals surface area contributed by atoms with Gasteiger partial charge in [0.05, 0.1) is 11.1 Å². The minimum absolute atomic E-state index is 0.0314. The van der Waals surface area contributed by atoms with Crippen LogP contribution in [-0.2, 0) is 5.79 Å². The summed E-state index contributed by atoms with van der Waals surface area (Å²) < 4.78 is 42.6. The van der Waals surface area contributed by atoms with Crippen molar-refractivity contribution in [3.05, 3.63) is 53.9 Å². The van der Waals surface area contributed by atoms with Gasteiger partial charge >= 0.3 is 12.0 Å². The fraction of sp³-hybridized carbons (Fsp3) is 0.133. The molecule has 3 rings (SSSR count). The average molecular weight is 341 g/mol. The Morgan fingerprint density at radius 1 is 1.04 bits per heavy atom. The molecule has 0 atom stereocenters. The van der Waals surface area contributed by atoms with Crippen LogP contribution in [0.3, 0.4) is 0 Å². The third-order valence-electron chi connectivity index (χ3n) is 3.15. The molecule has 0 aliphatic carbocycles. The molecule has 0 aliphatic heterocycles. The van der Waals surface area contributed by atoms with Gasteiger partial charge in [-0.2, -0.15) is 13.2 Å². The zero-order chi connectivity index (χ0) is 16.7. The van der Waals surface area contributed by atoms with Crippen LogP contribution >= 0.6 is 11.3 Å². The number of alkyl halides is 3. The number of nitrogens with zero attached hydrogens (tertiary/aromatic N) is 1. The molecule has 0 spiro atoms. The minimum atomic E-state index is -5.31. The number of thiophene rings is 1. The first-order chi connectivity index (χ1) is 10.8. The summed E-state index contributed by atoms with van der Waals surface area (Å²) in [5.41, 5.74) is 1.82. The van der Waals surface area contributed by atoms with Crippen LogP contribution in [0.1, 0.15) is 5.89 Å². The highest BCUT2D eigenvalue weighted by Gasteiger charge is 2.58. The summed E-state index contributed by atoms with van der Waals surface area (Å²) in [5, 5.41) is 20.1. The van der Waals surface area contributed by atoms with Gasteiger partial charge in [0.1, 0.15) is 0 Å². The van der Waals surface area contributed by atoms with Crippen molar-refractivity contribution in [3.63, 3.8) is 0 Å². The van der Waals surface area contributed by atoms with E-state index in [2.05, 4.69) is 4.98 Å². The summed E-state index contributed by atoms with van der Waals surface area (Å²) in [6.07, 6.45) is -4.28. The van der Waals surface area contributed by atoms with Gasteiger partial charge in [0, 0.05) is 0 Å². The number of aromatic nitrogens is 1. The summed E-state index contributed by atoms with van der Waals surface area (Å²) in [6.45, 7) is 0. The number of hydrogen-bond acceptors (Lipinski definition) is 5. The summed E-state index contributed by atoms with van der Waals surface area (Å²) in [4.78, 5) is 3.86. The Labute approximate surface area is 132 Å². The number of aliphatic hydroxyl groups is 2. The molecule has 2 heterocycles. The Morgan fingerprint density at radius 2 is 1.74 bits per heavy atom. The lowest BCUT2D eigenvalue weighted by molar-refractivity contribution is -0.366. The van der Waals surface area contributed by atoms with Gasteiger partial charge in [-0.1, -0.05) is 30.3 Å². The number of rotatable bonds is 3. The van der Waals surface area contributed by atoms with E-state index in [1.807, 2.05) is 35.7 Å². The molecule has 0 fully saturated rings. The van der Waals surface area contributed by atoms with E-state index in [4.69, 9.17) is 14.6 Å². The molecule has 4 nitrogen and oxygen atoms in total. The third-order valence-corrected chi connectivity index (χ3v) is 4.09. The minimum Gasteiger partial charge on any atom is -0.434 e. The smallest absolute Gasteiger partial charge is 0.434 e. The SMILES string of the molecule is OC(O)(c1ncc(-c2cc(-c3ccccc3)cs2)o1)C(F)(F)F. The highest BCUT2D eigenvalue weighted by atomic mass is 32.1. The molecule has 0 radical (unpaired) electrons. The highest BCUT2D eigenvalue weighted by Crippen LogP contribution is 2.39. The number of benzene rings is 1. The Bertz CT molecular complexity index is 809. The van der Waals surface area contributed by atoms with Crippen LogP contribution in [-0.4, -0.2) is 21.4 Å². The predicted molar refractivity (Wildman–Crippen MR) is 77.4 cm³/mol. The monoisotopic (exact) mass is 341 g/mol. The second kappa shape index (κ2) is 5.48. The maximum Gasteiger partial charge on any atom is 0.453 e. The van der Waals surface area contributed by atoms with Crippen LogP contribution in [0.4, 0.5) is 13.2 Å².